The van der Waals surface area contributed by atoms with E-state index < -0.39 is 16.4 Å². The number of hydrogen-bond acceptors (Lipinski definition) is 1. The molecule has 0 aliphatic rings. The van der Waals surface area contributed by atoms with Gasteiger partial charge in [-0.1, -0.05) is 49.5 Å². The Morgan fingerprint density at radius 2 is 1.26 bits per heavy atom. The van der Waals surface area contributed by atoms with Gasteiger partial charge in [0.1, 0.15) is 0 Å². The molecule has 0 aliphatic carbocycles. The van der Waals surface area contributed by atoms with Gasteiger partial charge in [0, 0.05) is 6.61 Å². The van der Waals surface area contributed by atoms with Gasteiger partial charge in [-0.2, -0.15) is 17.3 Å². The Kier molecular flexibility index (Phi) is 15.2. The molecule has 0 saturated heterocycles. The first kappa shape index (κ1) is 33.4. The molecule has 4 aromatic carbocycles. The van der Waals surface area contributed by atoms with E-state index in [1.807, 2.05) is 0 Å². The Balaban J connectivity index is 0.000000529. The van der Waals surface area contributed by atoms with Gasteiger partial charge >= 0.3 is 41.3 Å². The van der Waals surface area contributed by atoms with Crippen molar-refractivity contribution in [2.24, 2.45) is 0 Å². The van der Waals surface area contributed by atoms with Gasteiger partial charge in [-0.25, -0.2) is 12.1 Å². The molecular weight excluding hydrogens is 571 g/mol. The van der Waals surface area contributed by atoms with Crippen LogP contribution in [-0.4, -0.2) is 26.2 Å². The summed E-state index contributed by atoms with van der Waals surface area (Å²) in [6.45, 7) is 16.8. The molecule has 0 amide bonds. The zero-order valence-electron chi connectivity index (χ0n) is 21.6. The van der Waals surface area contributed by atoms with Crippen molar-refractivity contribution in [3.8, 4) is 0 Å². The molecule has 4 aromatic rings. The van der Waals surface area contributed by atoms with Crippen molar-refractivity contribution >= 4 is 46.3 Å². The van der Waals surface area contributed by atoms with Crippen LogP contribution >= 0.6 is 0 Å². The Hall–Kier alpha value is -0.613. The fourth-order valence-corrected chi connectivity index (χ4v) is 6.40. The molecule has 34 heavy (non-hydrogen) atoms. The van der Waals surface area contributed by atoms with Gasteiger partial charge in [-0.05, 0) is 25.7 Å². The third-order valence-electron chi connectivity index (χ3n) is 5.23. The summed E-state index contributed by atoms with van der Waals surface area (Å²) < 4.78 is 7.44. The summed E-state index contributed by atoms with van der Waals surface area (Å²) in [6, 6.07) is 29.3. The van der Waals surface area contributed by atoms with Crippen LogP contribution < -0.4 is 30.0 Å². The first-order chi connectivity index (χ1) is 15.0. The van der Waals surface area contributed by atoms with Gasteiger partial charge in [0.25, 0.3) is 0 Å². The first-order valence-electron chi connectivity index (χ1n) is 11.4. The number of fused-ring (bicyclic) bond motifs is 3. The molecule has 4 rings (SSSR count). The zero-order valence-corrected chi connectivity index (χ0v) is 27.6. The van der Waals surface area contributed by atoms with E-state index in [4.69, 9.17) is 4.43 Å². The molecule has 0 fully saturated rings. The quantitative estimate of drug-likeness (QED) is 0.248. The number of benzene rings is 2. The molecule has 6 heteroatoms. The maximum atomic E-state index is 5.94. The SMILES string of the molecule is C[C](C)=[Zr+2].C[Si](C)(C)OCC[Si](C)(C)c1ccc[cH-]1.[Cl-].[Cl-].c1ccc2c(c1)[cH-]c1ccccc12. The summed E-state index contributed by atoms with van der Waals surface area (Å²) in [5, 5.41) is 6.95. The van der Waals surface area contributed by atoms with Crippen LogP contribution in [0.2, 0.25) is 38.8 Å². The number of halogens is 2. The van der Waals surface area contributed by atoms with E-state index in [1.54, 1.807) is 29.4 Å². The van der Waals surface area contributed by atoms with Crippen LogP contribution in [0.3, 0.4) is 0 Å². The van der Waals surface area contributed by atoms with E-state index in [-0.39, 0.29) is 24.8 Å². The summed E-state index contributed by atoms with van der Waals surface area (Å²) in [5.41, 5.74) is 0. The van der Waals surface area contributed by atoms with Crippen molar-refractivity contribution in [2.75, 3.05) is 6.61 Å². The van der Waals surface area contributed by atoms with Crippen molar-refractivity contribution < 1.29 is 53.5 Å². The van der Waals surface area contributed by atoms with Crippen LogP contribution in [0, 0.1) is 0 Å². The predicted octanol–water partition coefficient (Wildman–Crippen LogP) is 1.64. The Morgan fingerprint density at radius 1 is 0.794 bits per heavy atom. The average molecular weight is 609 g/mol. The summed E-state index contributed by atoms with van der Waals surface area (Å²) >= 11 is 1.55. The molecule has 0 aromatic heterocycles. The molecule has 0 aliphatic heterocycles. The van der Waals surface area contributed by atoms with Gasteiger partial charge in [0.15, 0.2) is 8.32 Å². The summed E-state index contributed by atoms with van der Waals surface area (Å²) in [6.07, 6.45) is 0. The van der Waals surface area contributed by atoms with Crippen LogP contribution in [-0.2, 0) is 28.7 Å². The average Bonchev–Trinajstić information content (AvgIpc) is 3.35. The van der Waals surface area contributed by atoms with Crippen LogP contribution in [0.1, 0.15) is 13.8 Å². The van der Waals surface area contributed by atoms with Crippen molar-refractivity contribution in [1.29, 1.82) is 0 Å². The maximum Gasteiger partial charge on any atom is 0.183 e. The smallest absolute Gasteiger partial charge is 0.183 e. The Morgan fingerprint density at radius 3 is 1.68 bits per heavy atom. The molecule has 0 saturated carbocycles. The molecule has 0 heterocycles. The normalized spacial score (nSPS) is 10.9. The van der Waals surface area contributed by atoms with Crippen LogP contribution in [0.4, 0.5) is 0 Å². The topological polar surface area (TPSA) is 9.23 Å². The second-order valence-electron chi connectivity index (χ2n) is 10.1. The third-order valence-corrected chi connectivity index (χ3v) is 9.65. The molecule has 0 unspecified atom stereocenters. The van der Waals surface area contributed by atoms with Gasteiger partial charge in [-0.3, -0.25) is 0 Å². The predicted molar refractivity (Wildman–Crippen MR) is 147 cm³/mol. The van der Waals surface area contributed by atoms with Gasteiger partial charge in [0.05, 0.1) is 8.07 Å². The minimum absolute atomic E-state index is 0. The number of rotatable bonds is 5. The fraction of sp³-hybridized carbons (Fsp3) is 0.321. The molecule has 1 nitrogen and oxygen atoms in total. The van der Waals surface area contributed by atoms with E-state index in [2.05, 4.69) is 125 Å². The Labute approximate surface area is 236 Å². The van der Waals surface area contributed by atoms with E-state index >= 15 is 0 Å². The third kappa shape index (κ3) is 11.4. The number of hydrogen-bond donors (Lipinski definition) is 0. The van der Waals surface area contributed by atoms with Gasteiger partial charge < -0.3 is 29.2 Å². The van der Waals surface area contributed by atoms with Gasteiger partial charge in [-0.15, -0.1) is 39.7 Å². The largest absolute Gasteiger partial charge is 1.00 e. The molecule has 184 valence electrons. The van der Waals surface area contributed by atoms with E-state index in [1.165, 1.54) is 30.8 Å². The second kappa shape index (κ2) is 15.5. The fourth-order valence-electron chi connectivity index (χ4n) is 3.49. The van der Waals surface area contributed by atoms with Crippen LogP contribution in [0.5, 0.6) is 0 Å². The second-order valence-corrected chi connectivity index (χ2v) is 21.9. The molecule has 0 N–H and O–H groups in total. The van der Waals surface area contributed by atoms with E-state index in [9.17, 15) is 0 Å². The minimum atomic E-state index is -1.32. The van der Waals surface area contributed by atoms with Gasteiger partial charge in [0.2, 0.25) is 0 Å². The standard InChI is InChI=1S/C13H9.C12H23OSi2.C3H6.2ClH.Zr/c1-3-7-12-10(5-1)9-11-6-2-4-8-13(11)12;1-14(2,3)13-10-11-15(4,5)12-8-6-7-9-12;1-3-2;;;/h1-9H;6-9H,10-11H2,1-5H3;1-2H3;2*1H;/q2*-1;;;;+2/p-2. The molecule has 0 spiro atoms. The maximum absolute atomic E-state index is 5.94. The summed E-state index contributed by atoms with van der Waals surface area (Å²) in [4.78, 5) is 0. The molecular formula is C28H38Cl2OSi2Zr-2. The van der Waals surface area contributed by atoms with E-state index in [0.29, 0.717) is 0 Å². The Bertz CT molecular complexity index is 1060. The molecule has 0 radical (unpaired) electrons. The van der Waals surface area contributed by atoms with Crippen LogP contribution in [0.25, 0.3) is 21.5 Å². The van der Waals surface area contributed by atoms with E-state index in [0.717, 1.165) is 6.61 Å². The molecule has 0 atom stereocenters. The monoisotopic (exact) mass is 606 g/mol. The van der Waals surface area contributed by atoms with Crippen molar-refractivity contribution in [1.82, 2.24) is 0 Å². The van der Waals surface area contributed by atoms with Crippen LogP contribution in [0.15, 0.2) is 78.9 Å². The van der Waals surface area contributed by atoms with Crippen molar-refractivity contribution in [2.45, 2.75) is 52.6 Å². The molecule has 0 bridgehead atoms. The van der Waals surface area contributed by atoms with Crippen molar-refractivity contribution in [3.63, 3.8) is 0 Å². The van der Waals surface area contributed by atoms with Crippen molar-refractivity contribution in [3.05, 3.63) is 78.9 Å². The summed E-state index contributed by atoms with van der Waals surface area (Å²) in [7, 11) is -2.55. The summed E-state index contributed by atoms with van der Waals surface area (Å²) in [5.74, 6) is 0. The first-order valence-corrected chi connectivity index (χ1v) is 19.3. The minimum Gasteiger partial charge on any atom is -1.00 e. The zero-order chi connectivity index (χ0) is 23.8.